The maximum atomic E-state index is 13.9. The Hall–Kier alpha value is -1.69. The molecule has 8 aliphatic rings. The third-order valence-electron chi connectivity index (χ3n) is 16.3. The van der Waals surface area contributed by atoms with Crippen molar-refractivity contribution < 1.29 is 37.6 Å². The van der Waals surface area contributed by atoms with Gasteiger partial charge in [-0.1, -0.05) is 20.8 Å². The van der Waals surface area contributed by atoms with Crippen molar-refractivity contribution in [1.29, 1.82) is 0 Å². The summed E-state index contributed by atoms with van der Waals surface area (Å²) >= 11 is 0. The van der Waals surface area contributed by atoms with Gasteiger partial charge in [0.1, 0.15) is 11.6 Å². The summed E-state index contributed by atoms with van der Waals surface area (Å²) < 4.78 is 53.2. The molecule has 1 N–H and O–H groups in total. The maximum Gasteiger partial charge on any atom is 0.219 e. The summed E-state index contributed by atoms with van der Waals surface area (Å²) in [5, 5.41) is 12.3. The van der Waals surface area contributed by atoms with Gasteiger partial charge in [-0.2, -0.15) is 0 Å². The molecule has 282 valence electrons. The van der Waals surface area contributed by atoms with Crippen molar-refractivity contribution in [3.63, 3.8) is 0 Å². The van der Waals surface area contributed by atoms with Crippen molar-refractivity contribution in [2.24, 2.45) is 45.3 Å². The van der Waals surface area contributed by atoms with Crippen LogP contribution in [0, 0.1) is 57.0 Å². The van der Waals surface area contributed by atoms with Crippen LogP contribution in [0.1, 0.15) is 91.0 Å². The molecular formula is C41H58F2N2O6. The highest BCUT2D eigenvalue weighted by atomic mass is 19.1. The van der Waals surface area contributed by atoms with Crippen LogP contribution in [-0.2, 0) is 30.3 Å². The van der Waals surface area contributed by atoms with Gasteiger partial charge in [0.2, 0.25) is 5.91 Å². The molecule has 3 heterocycles. The Morgan fingerprint density at radius 1 is 1.00 bits per heavy atom. The molecule has 12 atom stereocenters. The van der Waals surface area contributed by atoms with E-state index in [0.717, 1.165) is 64.5 Å². The number of ether oxygens (including phenoxy) is 4. The summed E-state index contributed by atoms with van der Waals surface area (Å²) in [5.74, 6) is 0.165. The standard InChI is InChI=1S/C41H58F2N2O6/c1-24(46)45(18-25-15-26(42)17-27(43)16-25)19-29-5-6-31-37(50-29)36(47)35-30-7-8-32-38(2,3)33(51-34-20-44(13-14-49-34)28-21-48-22-28)9-10-41(32)23-40(30,41)12-11-39(31,35)4/h15-17,28-37,47H,5-14,18-23H2,1-4H3/t29?,30?,31?,32-,33?,34?,35?,36?,37?,39?,40-,41+/m0/s1. The molecule has 2 spiro atoms. The van der Waals surface area contributed by atoms with Gasteiger partial charge in [-0.3, -0.25) is 9.69 Å². The number of halogens is 2. The molecule has 1 aromatic rings. The van der Waals surface area contributed by atoms with Crippen LogP contribution < -0.4 is 0 Å². The SMILES string of the molecule is CC(=O)N(Cc1cc(F)cc(F)c1)CC1CCC2C(O1)C(O)C1C3CC[C@H]4C(C)(C)C(OC5CN(C6COC6)CCO5)CC[C@@]45C[C@@]35CCC21C. The van der Waals surface area contributed by atoms with E-state index in [1.54, 1.807) is 4.90 Å². The normalized spacial score (nSPS) is 45.7. The summed E-state index contributed by atoms with van der Waals surface area (Å²) in [7, 11) is 0. The van der Waals surface area contributed by atoms with Crippen molar-refractivity contribution in [2.75, 3.05) is 39.5 Å². The van der Waals surface area contributed by atoms with E-state index in [-0.39, 0.29) is 53.8 Å². The molecule has 0 radical (unpaired) electrons. The van der Waals surface area contributed by atoms with Crippen LogP contribution in [0.5, 0.6) is 0 Å². The van der Waals surface area contributed by atoms with Crippen LogP contribution in [0.25, 0.3) is 0 Å². The molecule has 10 heteroatoms. The van der Waals surface area contributed by atoms with Gasteiger partial charge in [-0.15, -0.1) is 0 Å². The van der Waals surface area contributed by atoms with Crippen molar-refractivity contribution >= 4 is 5.91 Å². The number of aliphatic hydroxyl groups is 1. The Bertz CT molecular complexity index is 1500. The molecule has 1 aromatic carbocycles. The zero-order valence-electron chi connectivity index (χ0n) is 31.0. The average Bonchev–Trinajstić information content (AvgIpc) is 3.66. The van der Waals surface area contributed by atoms with Gasteiger partial charge in [0, 0.05) is 32.6 Å². The van der Waals surface area contributed by atoms with Gasteiger partial charge in [0.05, 0.1) is 56.8 Å². The lowest BCUT2D eigenvalue weighted by Gasteiger charge is -2.60. The summed E-state index contributed by atoms with van der Waals surface area (Å²) in [6.45, 7) is 13.5. The van der Waals surface area contributed by atoms with Crippen molar-refractivity contribution in [2.45, 2.75) is 129 Å². The maximum absolute atomic E-state index is 13.9. The quantitative estimate of drug-likeness (QED) is 0.376. The number of hydrogen-bond donors (Lipinski definition) is 1. The van der Waals surface area contributed by atoms with E-state index in [0.29, 0.717) is 53.3 Å². The van der Waals surface area contributed by atoms with Gasteiger partial charge >= 0.3 is 0 Å². The zero-order valence-corrected chi connectivity index (χ0v) is 31.0. The Morgan fingerprint density at radius 3 is 2.49 bits per heavy atom. The number of fused-ring (bicyclic) bond motifs is 4. The number of morpholine rings is 1. The highest BCUT2D eigenvalue weighted by Crippen LogP contribution is 2.87. The van der Waals surface area contributed by atoms with Crippen LogP contribution in [0.2, 0.25) is 0 Å². The minimum Gasteiger partial charge on any atom is -0.390 e. The molecule has 9 unspecified atom stereocenters. The van der Waals surface area contributed by atoms with Gasteiger partial charge in [-0.25, -0.2) is 8.78 Å². The van der Waals surface area contributed by atoms with E-state index in [4.69, 9.17) is 18.9 Å². The second-order valence-electron chi connectivity index (χ2n) is 18.8. The average molecular weight is 713 g/mol. The molecule has 1 amide bonds. The number of benzene rings is 1. The lowest BCUT2D eigenvalue weighted by molar-refractivity contribution is -0.254. The number of carbonyl (C=O) groups excluding carboxylic acids is 1. The Kier molecular flexibility index (Phi) is 8.53. The van der Waals surface area contributed by atoms with Crippen LogP contribution in [0.15, 0.2) is 18.2 Å². The lowest BCUT2D eigenvalue weighted by atomic mass is 9.46. The number of carbonyl (C=O) groups is 1. The van der Waals surface area contributed by atoms with Crippen LogP contribution in [0.4, 0.5) is 8.78 Å². The molecule has 5 saturated carbocycles. The smallest absolute Gasteiger partial charge is 0.219 e. The summed E-state index contributed by atoms with van der Waals surface area (Å²) in [6, 6.07) is 3.91. The van der Waals surface area contributed by atoms with Crippen LogP contribution in [0.3, 0.4) is 0 Å². The number of hydrogen-bond acceptors (Lipinski definition) is 7. The third kappa shape index (κ3) is 5.42. The molecule has 8 fully saturated rings. The Balaban J connectivity index is 0.882. The summed E-state index contributed by atoms with van der Waals surface area (Å²) in [5.41, 5.74) is 1.14. The first-order chi connectivity index (χ1) is 24.3. The zero-order chi connectivity index (χ0) is 35.5. The predicted molar refractivity (Wildman–Crippen MR) is 185 cm³/mol. The minimum absolute atomic E-state index is 0.0342. The first-order valence-corrected chi connectivity index (χ1v) is 20.0. The molecule has 51 heavy (non-hydrogen) atoms. The Morgan fingerprint density at radius 2 is 1.76 bits per heavy atom. The van der Waals surface area contributed by atoms with Crippen LogP contribution >= 0.6 is 0 Å². The van der Waals surface area contributed by atoms with Crippen LogP contribution in [-0.4, -0.2) is 97.0 Å². The van der Waals surface area contributed by atoms with Gasteiger partial charge in [0.25, 0.3) is 0 Å². The number of aliphatic hydroxyl groups excluding tert-OH is 1. The number of amides is 1. The minimum atomic E-state index is -0.648. The van der Waals surface area contributed by atoms with E-state index < -0.39 is 17.7 Å². The third-order valence-corrected chi connectivity index (χ3v) is 16.3. The van der Waals surface area contributed by atoms with E-state index in [9.17, 15) is 18.7 Å². The molecule has 5 aliphatic carbocycles. The fraction of sp³-hybridized carbons (Fsp3) is 0.829. The largest absolute Gasteiger partial charge is 0.390 e. The Labute approximate surface area is 301 Å². The first kappa shape index (κ1) is 35.0. The van der Waals surface area contributed by atoms with E-state index in [2.05, 4.69) is 25.7 Å². The molecular weight excluding hydrogens is 654 g/mol. The second-order valence-corrected chi connectivity index (χ2v) is 18.8. The fourth-order valence-corrected chi connectivity index (χ4v) is 13.9. The predicted octanol–water partition coefficient (Wildman–Crippen LogP) is 5.93. The van der Waals surface area contributed by atoms with E-state index >= 15 is 0 Å². The molecule has 3 saturated heterocycles. The number of rotatable bonds is 7. The topological polar surface area (TPSA) is 80.7 Å². The number of nitrogens with zero attached hydrogens (tertiary/aromatic N) is 2. The molecule has 0 aromatic heterocycles. The monoisotopic (exact) mass is 712 g/mol. The lowest BCUT2D eigenvalue weighted by Crippen LogP contribution is -2.58. The van der Waals surface area contributed by atoms with Gasteiger partial charge in [0.15, 0.2) is 6.29 Å². The van der Waals surface area contributed by atoms with Crippen molar-refractivity contribution in [3.8, 4) is 0 Å². The molecule has 8 nitrogen and oxygen atoms in total. The van der Waals surface area contributed by atoms with E-state index in [1.165, 1.54) is 44.7 Å². The van der Waals surface area contributed by atoms with Gasteiger partial charge in [-0.05, 0) is 121 Å². The van der Waals surface area contributed by atoms with Crippen molar-refractivity contribution in [3.05, 3.63) is 35.4 Å². The van der Waals surface area contributed by atoms with E-state index in [1.807, 2.05) is 0 Å². The summed E-state index contributed by atoms with van der Waals surface area (Å²) in [6.07, 6.45) is 9.06. The van der Waals surface area contributed by atoms with Crippen molar-refractivity contribution in [1.82, 2.24) is 9.80 Å². The summed E-state index contributed by atoms with van der Waals surface area (Å²) in [4.78, 5) is 16.8. The second kappa shape index (κ2) is 12.4. The molecule has 3 aliphatic heterocycles. The fourth-order valence-electron chi connectivity index (χ4n) is 13.9. The first-order valence-electron chi connectivity index (χ1n) is 20.0. The molecule has 0 bridgehead atoms. The highest BCUT2D eigenvalue weighted by molar-refractivity contribution is 5.73. The molecule has 9 rings (SSSR count). The highest BCUT2D eigenvalue weighted by Gasteiger charge is 2.81. The van der Waals surface area contributed by atoms with Gasteiger partial charge < -0.3 is 29.0 Å².